The number of benzene rings is 3. The van der Waals surface area contributed by atoms with E-state index in [4.69, 9.17) is 9.47 Å². The maximum atomic E-state index is 13.2. The predicted molar refractivity (Wildman–Crippen MR) is 128 cm³/mol. The summed E-state index contributed by atoms with van der Waals surface area (Å²) in [6, 6.07) is 25.9. The van der Waals surface area contributed by atoms with Crippen LogP contribution in [0.3, 0.4) is 0 Å². The van der Waals surface area contributed by atoms with Gasteiger partial charge in [-0.1, -0.05) is 54.6 Å². The fourth-order valence-electron chi connectivity index (χ4n) is 4.48. The van der Waals surface area contributed by atoms with E-state index in [1.54, 1.807) is 7.11 Å². The monoisotopic (exact) mass is 443 g/mol. The molecule has 1 aliphatic heterocycles. The van der Waals surface area contributed by atoms with Crippen LogP contribution in [-0.4, -0.2) is 26.1 Å². The van der Waals surface area contributed by atoms with Gasteiger partial charge in [0, 0.05) is 5.69 Å². The van der Waals surface area contributed by atoms with Gasteiger partial charge in [-0.2, -0.15) is 0 Å². The van der Waals surface area contributed by atoms with E-state index in [1.807, 2.05) is 71.6 Å². The van der Waals surface area contributed by atoms with E-state index < -0.39 is 0 Å². The molecule has 5 nitrogen and oxygen atoms in total. The number of anilines is 1. The van der Waals surface area contributed by atoms with Crippen molar-refractivity contribution in [1.82, 2.24) is 0 Å². The third-order valence-electron chi connectivity index (χ3n) is 6.29. The molecule has 2 atom stereocenters. The Morgan fingerprint density at radius 2 is 1.58 bits per heavy atom. The van der Waals surface area contributed by atoms with Gasteiger partial charge in [0.2, 0.25) is 5.91 Å². The van der Waals surface area contributed by atoms with E-state index in [1.165, 1.54) is 12.7 Å². The Kier molecular flexibility index (Phi) is 7.08. The quantitative estimate of drug-likeness (QED) is 0.340. The molecule has 0 N–H and O–H groups in total. The average molecular weight is 444 g/mol. The molecule has 1 aliphatic rings. The molecule has 0 radical (unpaired) electrons. The van der Waals surface area contributed by atoms with Gasteiger partial charge in [0.05, 0.1) is 32.6 Å². The van der Waals surface area contributed by atoms with Crippen LogP contribution in [0, 0.1) is 5.92 Å². The molecule has 1 fully saturated rings. The van der Waals surface area contributed by atoms with Gasteiger partial charge in [-0.15, -0.1) is 0 Å². The number of rotatable bonds is 9. The first-order chi connectivity index (χ1) is 16.1. The lowest BCUT2D eigenvalue weighted by molar-refractivity contribution is -0.139. The Labute approximate surface area is 194 Å². The predicted octanol–water partition coefficient (Wildman–Crippen LogP) is 5.14. The van der Waals surface area contributed by atoms with Crippen LogP contribution < -0.4 is 9.64 Å². The average Bonchev–Trinajstić information content (AvgIpc) is 2.86. The Bertz CT molecular complexity index is 1080. The summed E-state index contributed by atoms with van der Waals surface area (Å²) in [7, 11) is 3.02. The Morgan fingerprint density at radius 1 is 0.879 bits per heavy atom. The molecular weight excluding hydrogens is 414 g/mol. The molecule has 0 aromatic heterocycles. The number of esters is 1. The van der Waals surface area contributed by atoms with E-state index in [9.17, 15) is 9.59 Å². The van der Waals surface area contributed by atoms with Crippen molar-refractivity contribution in [3.05, 3.63) is 95.6 Å². The van der Waals surface area contributed by atoms with Gasteiger partial charge in [-0.05, 0) is 60.2 Å². The summed E-state index contributed by atoms with van der Waals surface area (Å²) in [5.74, 6) is 0.578. The van der Waals surface area contributed by atoms with Crippen LogP contribution in [0.2, 0.25) is 0 Å². The van der Waals surface area contributed by atoms with Gasteiger partial charge in [0.25, 0.3) is 0 Å². The van der Waals surface area contributed by atoms with Crippen LogP contribution in [0.25, 0.3) is 0 Å². The molecule has 0 saturated carbocycles. The third-order valence-corrected chi connectivity index (χ3v) is 6.29. The number of carbonyl (C=O) groups excluding carboxylic acids is 2. The number of nitrogens with zero attached hydrogens (tertiary/aromatic N) is 1. The van der Waals surface area contributed by atoms with Crippen LogP contribution in [-0.2, 0) is 27.2 Å². The molecule has 0 unspecified atom stereocenters. The lowest BCUT2D eigenvalue weighted by Crippen LogP contribution is -2.55. The minimum Gasteiger partial charge on any atom is -0.497 e. The highest BCUT2D eigenvalue weighted by Crippen LogP contribution is 2.46. The number of amides is 1. The summed E-state index contributed by atoms with van der Waals surface area (Å²) in [5, 5.41) is 0. The van der Waals surface area contributed by atoms with Gasteiger partial charge in [-0.25, -0.2) is 0 Å². The van der Waals surface area contributed by atoms with Gasteiger partial charge in [0.1, 0.15) is 5.75 Å². The largest absolute Gasteiger partial charge is 0.497 e. The van der Waals surface area contributed by atoms with E-state index >= 15 is 0 Å². The van der Waals surface area contributed by atoms with Crippen LogP contribution in [0.15, 0.2) is 78.9 Å². The summed E-state index contributed by atoms with van der Waals surface area (Å²) in [4.78, 5) is 26.7. The highest BCUT2D eigenvalue weighted by Gasteiger charge is 2.48. The number of ether oxygens (including phenoxy) is 2. The van der Waals surface area contributed by atoms with E-state index in [0.717, 1.165) is 41.8 Å². The van der Waals surface area contributed by atoms with Crippen LogP contribution in [0.4, 0.5) is 5.69 Å². The minimum atomic E-state index is -0.264. The second-order valence-electron chi connectivity index (χ2n) is 8.33. The van der Waals surface area contributed by atoms with Gasteiger partial charge >= 0.3 is 5.97 Å². The number of hydrogen-bond donors (Lipinski definition) is 0. The molecule has 1 amide bonds. The molecule has 3 aromatic carbocycles. The normalized spacial score (nSPS) is 17.4. The summed E-state index contributed by atoms with van der Waals surface area (Å²) >= 11 is 0. The van der Waals surface area contributed by atoms with Crippen LogP contribution in [0.1, 0.15) is 35.6 Å². The zero-order valence-electron chi connectivity index (χ0n) is 19.1. The number of β-lactam (4-membered cyclic amide) rings is 1. The van der Waals surface area contributed by atoms with Crippen molar-refractivity contribution in [2.24, 2.45) is 5.92 Å². The van der Waals surface area contributed by atoms with E-state index in [0.29, 0.717) is 0 Å². The molecule has 0 bridgehead atoms. The SMILES string of the molecule is COC(=O)Cc1ccc([C@H]2[C@H](CCCc3ccccc3)C(=O)N2c2ccc(OC)cc2)cc1. The standard InChI is InChI=1S/C28H29NO4/c1-32-24-17-15-23(16-18-24)29-27(22-13-11-21(12-14-22)19-26(30)33-2)25(28(29)31)10-6-9-20-7-4-3-5-8-20/h3-5,7-8,11-18,25,27H,6,9-10,19H2,1-2H3/t25-,27-/m0/s1. The van der Waals surface area contributed by atoms with Crippen molar-refractivity contribution < 1.29 is 19.1 Å². The number of hydrogen-bond acceptors (Lipinski definition) is 4. The van der Waals surface area contributed by atoms with Crippen molar-refractivity contribution in [1.29, 1.82) is 0 Å². The van der Waals surface area contributed by atoms with Crippen LogP contribution >= 0.6 is 0 Å². The highest BCUT2D eigenvalue weighted by atomic mass is 16.5. The van der Waals surface area contributed by atoms with E-state index in [2.05, 4.69) is 12.1 Å². The summed E-state index contributed by atoms with van der Waals surface area (Å²) in [6.07, 6.45) is 2.98. The summed E-state index contributed by atoms with van der Waals surface area (Å²) in [6.45, 7) is 0. The lowest BCUT2D eigenvalue weighted by Gasteiger charge is -2.48. The second-order valence-corrected chi connectivity index (χ2v) is 8.33. The third kappa shape index (κ3) is 5.08. The topological polar surface area (TPSA) is 55.8 Å². The molecule has 4 rings (SSSR count). The molecule has 1 heterocycles. The minimum absolute atomic E-state index is 0.0335. The fraction of sp³-hybridized carbons (Fsp3) is 0.286. The van der Waals surface area contributed by atoms with Crippen LogP contribution in [0.5, 0.6) is 5.75 Å². The zero-order chi connectivity index (χ0) is 23.2. The summed E-state index contributed by atoms with van der Waals surface area (Å²) in [5.41, 5.74) is 4.13. The molecule has 5 heteroatoms. The number of aryl methyl sites for hydroxylation is 1. The molecule has 3 aromatic rings. The molecule has 33 heavy (non-hydrogen) atoms. The molecular formula is C28H29NO4. The highest BCUT2D eigenvalue weighted by molar-refractivity contribution is 6.03. The molecule has 1 saturated heterocycles. The fourth-order valence-corrected chi connectivity index (χ4v) is 4.48. The van der Waals surface area contributed by atoms with Gasteiger partial charge in [0.15, 0.2) is 0 Å². The van der Waals surface area contributed by atoms with Crippen molar-refractivity contribution in [3.8, 4) is 5.75 Å². The smallest absolute Gasteiger partial charge is 0.309 e. The summed E-state index contributed by atoms with van der Waals surface area (Å²) < 4.78 is 10.0. The zero-order valence-corrected chi connectivity index (χ0v) is 19.1. The first kappa shape index (κ1) is 22.6. The maximum Gasteiger partial charge on any atom is 0.309 e. The lowest BCUT2D eigenvalue weighted by atomic mass is 9.78. The Morgan fingerprint density at radius 3 is 2.21 bits per heavy atom. The molecule has 170 valence electrons. The number of carbonyl (C=O) groups is 2. The number of methoxy groups -OCH3 is 2. The first-order valence-electron chi connectivity index (χ1n) is 11.3. The van der Waals surface area contributed by atoms with Gasteiger partial charge < -0.3 is 14.4 Å². The Hall–Kier alpha value is -3.60. The molecule has 0 aliphatic carbocycles. The second kappa shape index (κ2) is 10.3. The van der Waals surface area contributed by atoms with Crippen molar-refractivity contribution in [2.75, 3.05) is 19.1 Å². The van der Waals surface area contributed by atoms with Crippen molar-refractivity contribution in [2.45, 2.75) is 31.7 Å². The van der Waals surface area contributed by atoms with Crippen molar-refractivity contribution in [3.63, 3.8) is 0 Å². The first-order valence-corrected chi connectivity index (χ1v) is 11.3. The van der Waals surface area contributed by atoms with Crippen molar-refractivity contribution >= 4 is 17.6 Å². The Balaban J connectivity index is 1.53. The maximum absolute atomic E-state index is 13.2. The molecule has 0 spiro atoms. The van der Waals surface area contributed by atoms with Gasteiger partial charge in [-0.3, -0.25) is 9.59 Å². The van der Waals surface area contributed by atoms with E-state index in [-0.39, 0.29) is 30.3 Å².